The summed E-state index contributed by atoms with van der Waals surface area (Å²) >= 11 is 0. The number of hydrogen-bond donors (Lipinski definition) is 1. The van der Waals surface area contributed by atoms with Crippen LogP contribution in [0.3, 0.4) is 0 Å². The molecule has 2 aromatic rings. The zero-order valence-electron chi connectivity index (χ0n) is 13.2. The van der Waals surface area contributed by atoms with Crippen molar-refractivity contribution in [2.75, 3.05) is 0 Å². The topological polar surface area (TPSA) is 38.3 Å². The van der Waals surface area contributed by atoms with Crippen molar-refractivity contribution < 1.29 is 9.53 Å². The molecule has 3 heteroatoms. The zero-order chi connectivity index (χ0) is 15.8. The molecule has 1 amide bonds. The number of carbonyl (C=O) groups excluding carboxylic acids is 1. The Morgan fingerprint density at radius 2 is 1.64 bits per heavy atom. The van der Waals surface area contributed by atoms with Crippen molar-refractivity contribution in [3.8, 4) is 5.75 Å². The minimum absolute atomic E-state index is 0.0269. The fourth-order valence-electron chi connectivity index (χ4n) is 2.30. The molecule has 3 nitrogen and oxygen atoms in total. The molecule has 116 valence electrons. The molecule has 0 unspecified atom stereocenters. The van der Waals surface area contributed by atoms with Crippen LogP contribution >= 0.6 is 0 Å². The molecular weight excluding hydrogens is 274 g/mol. The molecule has 0 saturated carbocycles. The van der Waals surface area contributed by atoms with E-state index in [2.05, 4.69) is 19.2 Å². The third-order valence-electron chi connectivity index (χ3n) is 3.72. The van der Waals surface area contributed by atoms with Crippen LogP contribution in [-0.4, -0.2) is 11.9 Å². The molecule has 2 rings (SSSR count). The first kappa shape index (κ1) is 16.1. The van der Waals surface area contributed by atoms with E-state index in [1.807, 2.05) is 54.6 Å². The molecule has 0 aromatic heterocycles. The number of para-hydroxylation sites is 1. The molecule has 0 atom stereocenters. The number of ether oxygens (including phenoxy) is 1. The van der Waals surface area contributed by atoms with E-state index in [0.29, 0.717) is 12.2 Å². The Morgan fingerprint density at radius 1 is 1.00 bits per heavy atom. The van der Waals surface area contributed by atoms with Crippen LogP contribution in [0.1, 0.15) is 42.6 Å². The lowest BCUT2D eigenvalue weighted by atomic mass is 10.1. The Hall–Kier alpha value is -2.29. The minimum atomic E-state index is -0.0269. The fourth-order valence-corrected chi connectivity index (χ4v) is 2.30. The summed E-state index contributed by atoms with van der Waals surface area (Å²) in [5.41, 5.74) is 1.58. The Bertz CT molecular complexity index is 591. The molecular formula is C19H23NO2. The summed E-state index contributed by atoms with van der Waals surface area (Å²) < 4.78 is 5.76. The van der Waals surface area contributed by atoms with Crippen LogP contribution in [0.2, 0.25) is 0 Å². The SMILES string of the molecule is CCC(CC)NC(=O)c1ccccc1COc1ccccc1. The maximum Gasteiger partial charge on any atom is 0.251 e. The largest absolute Gasteiger partial charge is 0.489 e. The van der Waals surface area contributed by atoms with E-state index in [0.717, 1.165) is 24.2 Å². The standard InChI is InChI=1S/C19H23NO2/c1-3-16(4-2)20-19(21)18-13-9-8-10-15(18)14-22-17-11-6-5-7-12-17/h5-13,16H,3-4,14H2,1-2H3,(H,20,21). The van der Waals surface area contributed by atoms with Gasteiger partial charge in [0.25, 0.3) is 5.91 Å². The summed E-state index contributed by atoms with van der Waals surface area (Å²) in [5, 5.41) is 3.08. The van der Waals surface area contributed by atoms with Crippen molar-refractivity contribution in [1.82, 2.24) is 5.32 Å². The first-order valence-electron chi connectivity index (χ1n) is 7.81. The maximum atomic E-state index is 12.4. The second-order valence-corrected chi connectivity index (χ2v) is 5.25. The van der Waals surface area contributed by atoms with Crippen molar-refractivity contribution in [3.05, 3.63) is 65.7 Å². The number of nitrogens with one attached hydrogen (secondary N) is 1. The fraction of sp³-hybridized carbons (Fsp3) is 0.316. The lowest BCUT2D eigenvalue weighted by molar-refractivity contribution is 0.0932. The maximum absolute atomic E-state index is 12.4. The highest BCUT2D eigenvalue weighted by Gasteiger charge is 2.14. The third kappa shape index (κ3) is 4.35. The lowest BCUT2D eigenvalue weighted by Crippen LogP contribution is -2.34. The van der Waals surface area contributed by atoms with Crippen molar-refractivity contribution >= 4 is 5.91 Å². The van der Waals surface area contributed by atoms with Gasteiger partial charge in [0, 0.05) is 17.2 Å². The van der Waals surface area contributed by atoms with Gasteiger partial charge in [-0.2, -0.15) is 0 Å². The van der Waals surface area contributed by atoms with Gasteiger partial charge < -0.3 is 10.1 Å². The van der Waals surface area contributed by atoms with Gasteiger partial charge in [-0.25, -0.2) is 0 Å². The summed E-state index contributed by atoms with van der Waals surface area (Å²) in [7, 11) is 0. The minimum Gasteiger partial charge on any atom is -0.489 e. The summed E-state index contributed by atoms with van der Waals surface area (Å²) in [6.07, 6.45) is 1.87. The normalized spacial score (nSPS) is 10.5. The van der Waals surface area contributed by atoms with Gasteiger partial charge in [-0.05, 0) is 31.0 Å². The second-order valence-electron chi connectivity index (χ2n) is 5.25. The molecule has 0 radical (unpaired) electrons. The Morgan fingerprint density at radius 3 is 2.32 bits per heavy atom. The van der Waals surface area contributed by atoms with E-state index in [9.17, 15) is 4.79 Å². The van der Waals surface area contributed by atoms with Crippen LogP contribution in [0.25, 0.3) is 0 Å². The van der Waals surface area contributed by atoms with Crippen molar-refractivity contribution in [2.45, 2.75) is 39.3 Å². The quantitative estimate of drug-likeness (QED) is 0.832. The smallest absolute Gasteiger partial charge is 0.251 e. The van der Waals surface area contributed by atoms with Crippen LogP contribution in [0.5, 0.6) is 5.75 Å². The Kier molecular flexibility index (Phi) is 6.01. The van der Waals surface area contributed by atoms with Gasteiger partial charge in [-0.15, -0.1) is 0 Å². The second kappa shape index (κ2) is 8.23. The van der Waals surface area contributed by atoms with Gasteiger partial charge in [0.2, 0.25) is 0 Å². The Labute approximate surface area is 132 Å². The van der Waals surface area contributed by atoms with Crippen LogP contribution in [-0.2, 0) is 6.61 Å². The first-order chi connectivity index (χ1) is 10.7. The first-order valence-corrected chi connectivity index (χ1v) is 7.81. The molecule has 0 saturated heterocycles. The summed E-state index contributed by atoms with van der Waals surface area (Å²) in [5.74, 6) is 0.777. The van der Waals surface area contributed by atoms with Crippen LogP contribution < -0.4 is 10.1 Å². The summed E-state index contributed by atoms with van der Waals surface area (Å²) in [6.45, 7) is 4.55. The van der Waals surface area contributed by atoms with Gasteiger partial charge in [0.15, 0.2) is 0 Å². The van der Waals surface area contributed by atoms with E-state index >= 15 is 0 Å². The van der Waals surface area contributed by atoms with Gasteiger partial charge in [0.05, 0.1) is 0 Å². The average Bonchev–Trinajstić information content (AvgIpc) is 2.58. The highest BCUT2D eigenvalue weighted by atomic mass is 16.5. The van der Waals surface area contributed by atoms with E-state index in [1.54, 1.807) is 0 Å². The van der Waals surface area contributed by atoms with E-state index in [4.69, 9.17) is 4.74 Å². The predicted molar refractivity (Wildman–Crippen MR) is 89.1 cm³/mol. The molecule has 0 spiro atoms. The van der Waals surface area contributed by atoms with E-state index in [-0.39, 0.29) is 11.9 Å². The molecule has 0 bridgehead atoms. The highest BCUT2D eigenvalue weighted by Crippen LogP contribution is 2.15. The van der Waals surface area contributed by atoms with Crippen LogP contribution in [0, 0.1) is 0 Å². The van der Waals surface area contributed by atoms with Crippen molar-refractivity contribution in [3.63, 3.8) is 0 Å². The third-order valence-corrected chi connectivity index (χ3v) is 3.72. The number of benzene rings is 2. The highest BCUT2D eigenvalue weighted by molar-refractivity contribution is 5.95. The number of carbonyl (C=O) groups is 1. The van der Waals surface area contributed by atoms with Crippen molar-refractivity contribution in [2.24, 2.45) is 0 Å². The number of hydrogen-bond acceptors (Lipinski definition) is 2. The van der Waals surface area contributed by atoms with Gasteiger partial charge in [-0.3, -0.25) is 4.79 Å². The monoisotopic (exact) mass is 297 g/mol. The zero-order valence-corrected chi connectivity index (χ0v) is 13.2. The predicted octanol–water partition coefficient (Wildman–Crippen LogP) is 4.18. The molecule has 0 aliphatic rings. The van der Waals surface area contributed by atoms with Gasteiger partial charge in [0.1, 0.15) is 12.4 Å². The molecule has 0 aliphatic heterocycles. The molecule has 0 fully saturated rings. The average molecular weight is 297 g/mol. The van der Waals surface area contributed by atoms with E-state index in [1.165, 1.54) is 0 Å². The number of amides is 1. The van der Waals surface area contributed by atoms with Gasteiger partial charge in [-0.1, -0.05) is 50.2 Å². The molecule has 0 heterocycles. The van der Waals surface area contributed by atoms with Crippen molar-refractivity contribution in [1.29, 1.82) is 0 Å². The summed E-state index contributed by atoms with van der Waals surface area (Å²) in [6, 6.07) is 17.4. The van der Waals surface area contributed by atoms with E-state index < -0.39 is 0 Å². The van der Waals surface area contributed by atoms with Crippen LogP contribution in [0.15, 0.2) is 54.6 Å². The summed E-state index contributed by atoms with van der Waals surface area (Å²) in [4.78, 5) is 12.4. The van der Waals surface area contributed by atoms with Gasteiger partial charge >= 0.3 is 0 Å². The Balaban J connectivity index is 2.07. The van der Waals surface area contributed by atoms with Crippen LogP contribution in [0.4, 0.5) is 0 Å². The number of rotatable bonds is 7. The molecule has 2 aromatic carbocycles. The molecule has 1 N–H and O–H groups in total. The lowest BCUT2D eigenvalue weighted by Gasteiger charge is -2.16. The molecule has 22 heavy (non-hydrogen) atoms. The molecule has 0 aliphatic carbocycles.